The van der Waals surface area contributed by atoms with Gasteiger partial charge in [0.2, 0.25) is 5.91 Å². The summed E-state index contributed by atoms with van der Waals surface area (Å²) in [6.45, 7) is 4.99. The number of hydrogen-bond acceptors (Lipinski definition) is 5. The highest BCUT2D eigenvalue weighted by Crippen LogP contribution is 2.24. The van der Waals surface area contributed by atoms with E-state index in [9.17, 15) is 9.59 Å². The minimum Gasteiger partial charge on any atom is -0.376 e. The lowest BCUT2D eigenvalue weighted by Gasteiger charge is -2.43. The van der Waals surface area contributed by atoms with Gasteiger partial charge in [0, 0.05) is 20.0 Å². The van der Waals surface area contributed by atoms with Gasteiger partial charge >= 0.3 is 0 Å². The Labute approximate surface area is 133 Å². The number of amides is 2. The van der Waals surface area contributed by atoms with Crippen molar-refractivity contribution in [2.24, 2.45) is 0 Å². The van der Waals surface area contributed by atoms with Gasteiger partial charge in [-0.25, -0.2) is 0 Å². The van der Waals surface area contributed by atoms with Gasteiger partial charge in [0.1, 0.15) is 5.60 Å². The predicted octanol–water partition coefficient (Wildman–Crippen LogP) is 0.838. The van der Waals surface area contributed by atoms with E-state index in [1.54, 1.807) is 11.8 Å². The molecule has 0 N–H and O–H groups in total. The van der Waals surface area contributed by atoms with Crippen LogP contribution in [0.1, 0.15) is 16.6 Å². The van der Waals surface area contributed by atoms with Crippen molar-refractivity contribution in [1.82, 2.24) is 9.80 Å². The molecule has 6 nitrogen and oxygen atoms in total. The van der Waals surface area contributed by atoms with E-state index in [-0.39, 0.29) is 11.8 Å². The largest absolute Gasteiger partial charge is 0.376 e. The van der Waals surface area contributed by atoms with Crippen LogP contribution in [0, 0.1) is 0 Å². The third kappa shape index (κ3) is 3.16. The Balaban J connectivity index is 1.76. The van der Waals surface area contributed by atoms with Gasteiger partial charge in [-0.3, -0.25) is 9.59 Å². The van der Waals surface area contributed by atoms with Gasteiger partial charge in [0.05, 0.1) is 37.8 Å². The summed E-state index contributed by atoms with van der Waals surface area (Å²) in [7, 11) is 0. The molecular weight excluding hydrogens is 304 g/mol. The molecule has 1 atom stereocenters. The monoisotopic (exact) mass is 324 g/mol. The van der Waals surface area contributed by atoms with E-state index < -0.39 is 5.60 Å². The van der Waals surface area contributed by atoms with Crippen molar-refractivity contribution in [2.45, 2.75) is 12.5 Å². The second-order valence-electron chi connectivity index (χ2n) is 5.73. The van der Waals surface area contributed by atoms with Crippen LogP contribution in [0.4, 0.5) is 0 Å². The molecule has 2 aliphatic heterocycles. The number of hydrogen-bond donors (Lipinski definition) is 0. The van der Waals surface area contributed by atoms with Crippen LogP contribution in [-0.2, 0) is 14.3 Å². The van der Waals surface area contributed by atoms with Gasteiger partial charge in [0.25, 0.3) is 5.91 Å². The molecule has 0 bridgehead atoms. The van der Waals surface area contributed by atoms with Crippen molar-refractivity contribution in [3.8, 4) is 0 Å². The first kappa shape index (κ1) is 15.5. The topological polar surface area (TPSA) is 59.1 Å². The summed E-state index contributed by atoms with van der Waals surface area (Å²) >= 11 is 1.44. The Bertz CT molecular complexity index is 548. The summed E-state index contributed by atoms with van der Waals surface area (Å²) in [5.74, 6) is 0.0338. The van der Waals surface area contributed by atoms with Crippen LogP contribution in [0.15, 0.2) is 17.5 Å². The van der Waals surface area contributed by atoms with Crippen LogP contribution in [-0.4, -0.2) is 73.2 Å². The molecule has 2 amide bonds. The van der Waals surface area contributed by atoms with Crippen molar-refractivity contribution in [1.29, 1.82) is 0 Å². The number of carbonyl (C=O) groups excluding carboxylic acids is 2. The highest BCUT2D eigenvalue weighted by molar-refractivity contribution is 7.12. The fourth-order valence-corrected chi connectivity index (χ4v) is 3.62. The summed E-state index contributed by atoms with van der Waals surface area (Å²) in [4.78, 5) is 28.5. The zero-order valence-electron chi connectivity index (χ0n) is 12.6. The Hall–Kier alpha value is -1.44. The van der Waals surface area contributed by atoms with E-state index in [2.05, 4.69) is 0 Å². The minimum atomic E-state index is -0.618. The SMILES string of the molecule is CC(=O)N1CCOC[C@]2(C1)CN(C(=O)c1cccs1)CCO2. The summed E-state index contributed by atoms with van der Waals surface area (Å²) in [5, 5.41) is 1.90. The highest BCUT2D eigenvalue weighted by Gasteiger charge is 2.42. The van der Waals surface area contributed by atoms with Gasteiger partial charge in [-0.2, -0.15) is 0 Å². The van der Waals surface area contributed by atoms with Crippen molar-refractivity contribution < 1.29 is 19.1 Å². The number of morpholine rings is 1. The lowest BCUT2D eigenvalue weighted by molar-refractivity contribution is -0.145. The molecule has 3 heterocycles. The third-order valence-electron chi connectivity index (χ3n) is 4.06. The molecule has 2 saturated heterocycles. The first-order valence-electron chi connectivity index (χ1n) is 7.40. The lowest BCUT2D eigenvalue weighted by Crippen LogP contribution is -2.60. The van der Waals surface area contributed by atoms with Crippen LogP contribution in [0.5, 0.6) is 0 Å². The lowest BCUT2D eigenvalue weighted by atomic mass is 10.0. The molecule has 22 heavy (non-hydrogen) atoms. The molecule has 3 rings (SSSR count). The zero-order chi connectivity index (χ0) is 15.6. The molecule has 1 aromatic heterocycles. The van der Waals surface area contributed by atoms with Crippen molar-refractivity contribution in [2.75, 3.05) is 46.0 Å². The van der Waals surface area contributed by atoms with Gasteiger partial charge in [-0.1, -0.05) is 6.07 Å². The fourth-order valence-electron chi connectivity index (χ4n) is 2.93. The molecule has 2 aliphatic rings. The second-order valence-corrected chi connectivity index (χ2v) is 6.68. The Morgan fingerprint density at radius 1 is 1.23 bits per heavy atom. The van der Waals surface area contributed by atoms with E-state index in [1.807, 2.05) is 22.4 Å². The zero-order valence-corrected chi connectivity index (χ0v) is 13.4. The summed E-state index contributed by atoms with van der Waals surface area (Å²) in [5.41, 5.74) is -0.618. The van der Waals surface area contributed by atoms with Crippen LogP contribution in [0.2, 0.25) is 0 Å². The number of nitrogens with zero attached hydrogens (tertiary/aromatic N) is 2. The predicted molar refractivity (Wildman–Crippen MR) is 82.0 cm³/mol. The van der Waals surface area contributed by atoms with Crippen LogP contribution < -0.4 is 0 Å². The Morgan fingerprint density at radius 2 is 2.00 bits per heavy atom. The molecule has 120 valence electrons. The average molecular weight is 324 g/mol. The maximum absolute atomic E-state index is 12.5. The molecule has 0 unspecified atom stereocenters. The van der Waals surface area contributed by atoms with E-state index >= 15 is 0 Å². The minimum absolute atomic E-state index is 0.00943. The molecule has 0 aromatic carbocycles. The average Bonchev–Trinajstić information content (AvgIpc) is 2.97. The molecule has 1 aromatic rings. The summed E-state index contributed by atoms with van der Waals surface area (Å²) in [6, 6.07) is 3.71. The molecule has 0 saturated carbocycles. The van der Waals surface area contributed by atoms with Crippen molar-refractivity contribution >= 4 is 23.2 Å². The van der Waals surface area contributed by atoms with Gasteiger partial charge in [0.15, 0.2) is 0 Å². The first-order valence-corrected chi connectivity index (χ1v) is 8.28. The maximum Gasteiger partial charge on any atom is 0.264 e. The van der Waals surface area contributed by atoms with E-state index in [4.69, 9.17) is 9.47 Å². The normalized spacial score (nSPS) is 26.0. The van der Waals surface area contributed by atoms with Crippen molar-refractivity contribution in [3.05, 3.63) is 22.4 Å². The maximum atomic E-state index is 12.5. The quantitative estimate of drug-likeness (QED) is 0.768. The molecular formula is C15H20N2O4S. The van der Waals surface area contributed by atoms with Gasteiger partial charge in [-0.15, -0.1) is 11.3 Å². The number of thiophene rings is 1. The Kier molecular flexibility index (Phi) is 4.46. The fraction of sp³-hybridized carbons (Fsp3) is 0.600. The van der Waals surface area contributed by atoms with Crippen LogP contribution >= 0.6 is 11.3 Å². The molecule has 7 heteroatoms. The first-order chi connectivity index (χ1) is 10.6. The molecule has 1 spiro atoms. The molecule has 0 aliphatic carbocycles. The van der Waals surface area contributed by atoms with Crippen molar-refractivity contribution in [3.63, 3.8) is 0 Å². The highest BCUT2D eigenvalue weighted by atomic mass is 32.1. The molecule has 0 radical (unpaired) electrons. The number of carbonyl (C=O) groups is 2. The van der Waals surface area contributed by atoms with Crippen LogP contribution in [0.3, 0.4) is 0 Å². The van der Waals surface area contributed by atoms with E-state index in [1.165, 1.54) is 11.3 Å². The third-order valence-corrected chi connectivity index (χ3v) is 4.92. The standard InChI is InChI=1S/C15H20N2O4S/c1-12(18)16-4-6-20-11-15(9-16)10-17(5-7-21-15)14(19)13-3-2-8-22-13/h2-3,8H,4-7,9-11H2,1H3/t15-/m0/s1. The molecule has 2 fully saturated rings. The van der Waals surface area contributed by atoms with Crippen LogP contribution in [0.25, 0.3) is 0 Å². The van der Waals surface area contributed by atoms with E-state index in [0.29, 0.717) is 46.0 Å². The Morgan fingerprint density at radius 3 is 2.73 bits per heavy atom. The number of rotatable bonds is 1. The summed E-state index contributed by atoms with van der Waals surface area (Å²) < 4.78 is 11.6. The summed E-state index contributed by atoms with van der Waals surface area (Å²) in [6.07, 6.45) is 0. The van der Waals surface area contributed by atoms with E-state index in [0.717, 1.165) is 4.88 Å². The van der Waals surface area contributed by atoms with Gasteiger partial charge < -0.3 is 19.3 Å². The second kappa shape index (κ2) is 6.36. The van der Waals surface area contributed by atoms with Gasteiger partial charge in [-0.05, 0) is 11.4 Å². The smallest absolute Gasteiger partial charge is 0.264 e. The number of ether oxygens (including phenoxy) is 2.